The number of hydrogen-bond donors (Lipinski definition) is 1. The Morgan fingerprint density at radius 2 is 1.61 bits per heavy atom. The van der Waals surface area contributed by atoms with E-state index in [0.717, 1.165) is 32.4 Å². The summed E-state index contributed by atoms with van der Waals surface area (Å²) >= 11 is 3.34. The number of nitrogens with one attached hydrogen (secondary N) is 1. The number of sulfonamides is 1. The topological polar surface area (TPSA) is 66.5 Å². The van der Waals surface area contributed by atoms with Crippen LogP contribution in [0.2, 0.25) is 0 Å². The van der Waals surface area contributed by atoms with E-state index in [0.29, 0.717) is 0 Å². The van der Waals surface area contributed by atoms with Crippen molar-refractivity contribution in [2.24, 2.45) is 0 Å². The van der Waals surface area contributed by atoms with Crippen molar-refractivity contribution in [2.75, 3.05) is 11.9 Å². The van der Waals surface area contributed by atoms with Crippen molar-refractivity contribution in [1.29, 1.82) is 0 Å². The van der Waals surface area contributed by atoms with Crippen LogP contribution in [0.5, 0.6) is 0 Å². The standard InChI is InChI=1S/C26H29BrN2O3S/c1-18(2)24-7-5-6-20(4)26(24)28-25(30)17-29(16-21-10-8-19(3)9-11-21)33(31,32)23-14-12-22(27)13-15-23/h5-15,18H,16-17H2,1-4H3,(H,28,30). The molecule has 174 valence electrons. The summed E-state index contributed by atoms with van der Waals surface area (Å²) in [5.41, 5.74) is 4.60. The molecule has 5 nitrogen and oxygen atoms in total. The van der Waals surface area contributed by atoms with Gasteiger partial charge >= 0.3 is 0 Å². The molecule has 33 heavy (non-hydrogen) atoms. The molecule has 0 saturated heterocycles. The summed E-state index contributed by atoms with van der Waals surface area (Å²) in [6.07, 6.45) is 0. The summed E-state index contributed by atoms with van der Waals surface area (Å²) in [5, 5.41) is 2.97. The predicted octanol–water partition coefficient (Wildman–Crippen LogP) is 6.02. The third kappa shape index (κ3) is 6.31. The molecular weight excluding hydrogens is 500 g/mol. The molecule has 0 heterocycles. The van der Waals surface area contributed by atoms with Gasteiger partial charge in [-0.25, -0.2) is 8.42 Å². The lowest BCUT2D eigenvalue weighted by Crippen LogP contribution is -2.37. The highest BCUT2D eigenvalue weighted by molar-refractivity contribution is 9.10. The fourth-order valence-electron chi connectivity index (χ4n) is 3.56. The Morgan fingerprint density at radius 1 is 0.970 bits per heavy atom. The van der Waals surface area contributed by atoms with E-state index in [-0.39, 0.29) is 29.8 Å². The largest absolute Gasteiger partial charge is 0.324 e. The summed E-state index contributed by atoms with van der Waals surface area (Å²) in [6.45, 7) is 7.83. The van der Waals surface area contributed by atoms with Gasteiger partial charge in [-0.15, -0.1) is 0 Å². The molecule has 1 amide bonds. The number of hydrogen-bond acceptors (Lipinski definition) is 3. The fraction of sp³-hybridized carbons (Fsp3) is 0.269. The molecule has 0 aliphatic rings. The molecule has 7 heteroatoms. The van der Waals surface area contributed by atoms with Gasteiger partial charge in [0.15, 0.2) is 0 Å². The minimum absolute atomic E-state index is 0.0942. The summed E-state index contributed by atoms with van der Waals surface area (Å²) < 4.78 is 29.0. The summed E-state index contributed by atoms with van der Waals surface area (Å²) in [4.78, 5) is 13.2. The minimum atomic E-state index is -3.90. The Hall–Kier alpha value is -2.48. The van der Waals surface area contributed by atoms with E-state index in [4.69, 9.17) is 0 Å². The molecule has 0 aliphatic carbocycles. The van der Waals surface area contributed by atoms with Gasteiger partial charge in [0.25, 0.3) is 0 Å². The van der Waals surface area contributed by atoms with Gasteiger partial charge in [-0.1, -0.05) is 77.8 Å². The van der Waals surface area contributed by atoms with E-state index in [1.54, 1.807) is 12.1 Å². The minimum Gasteiger partial charge on any atom is -0.324 e. The second-order valence-corrected chi connectivity index (χ2v) is 11.3. The molecule has 0 radical (unpaired) electrons. The Bertz CT molecular complexity index is 1220. The van der Waals surface area contributed by atoms with Crippen molar-refractivity contribution in [3.8, 4) is 0 Å². The Kier molecular flexibility index (Phi) is 8.10. The van der Waals surface area contributed by atoms with E-state index in [9.17, 15) is 13.2 Å². The third-order valence-electron chi connectivity index (χ3n) is 5.44. The molecule has 1 N–H and O–H groups in total. The lowest BCUT2D eigenvalue weighted by Gasteiger charge is -2.23. The molecule has 0 aromatic heterocycles. The molecule has 0 aliphatic heterocycles. The van der Waals surface area contributed by atoms with Gasteiger partial charge in [-0.05, 0) is 60.7 Å². The molecular formula is C26H29BrN2O3S. The number of rotatable bonds is 8. The number of para-hydroxylation sites is 1. The fourth-order valence-corrected chi connectivity index (χ4v) is 5.21. The van der Waals surface area contributed by atoms with E-state index in [2.05, 4.69) is 35.1 Å². The zero-order chi connectivity index (χ0) is 24.2. The number of carbonyl (C=O) groups is 1. The molecule has 3 aromatic carbocycles. The molecule has 3 rings (SSSR count). The van der Waals surface area contributed by atoms with Crippen LogP contribution in [0.15, 0.2) is 76.1 Å². The van der Waals surface area contributed by atoms with Crippen LogP contribution < -0.4 is 5.32 Å². The van der Waals surface area contributed by atoms with Gasteiger partial charge in [0.1, 0.15) is 0 Å². The first kappa shape index (κ1) is 25.1. The average molecular weight is 530 g/mol. The molecule has 0 saturated carbocycles. The summed E-state index contributed by atoms with van der Waals surface area (Å²) in [7, 11) is -3.90. The van der Waals surface area contributed by atoms with E-state index >= 15 is 0 Å². The van der Waals surface area contributed by atoms with Gasteiger partial charge < -0.3 is 5.32 Å². The monoisotopic (exact) mass is 528 g/mol. The zero-order valence-corrected chi connectivity index (χ0v) is 21.7. The summed E-state index contributed by atoms with van der Waals surface area (Å²) in [6, 6.07) is 19.9. The number of amides is 1. The van der Waals surface area contributed by atoms with Crippen molar-refractivity contribution in [3.05, 3.63) is 93.5 Å². The second kappa shape index (κ2) is 10.6. The number of benzene rings is 3. The van der Waals surface area contributed by atoms with Gasteiger partial charge in [0.05, 0.1) is 11.4 Å². The quantitative estimate of drug-likeness (QED) is 0.388. The first-order chi connectivity index (χ1) is 15.6. The predicted molar refractivity (Wildman–Crippen MR) is 137 cm³/mol. The van der Waals surface area contributed by atoms with Crippen molar-refractivity contribution < 1.29 is 13.2 Å². The highest BCUT2D eigenvalue weighted by Gasteiger charge is 2.27. The van der Waals surface area contributed by atoms with Crippen molar-refractivity contribution in [3.63, 3.8) is 0 Å². The number of aryl methyl sites for hydroxylation is 2. The number of anilines is 1. The lowest BCUT2D eigenvalue weighted by molar-refractivity contribution is -0.116. The number of nitrogens with zero attached hydrogens (tertiary/aromatic N) is 1. The first-order valence-electron chi connectivity index (χ1n) is 10.8. The van der Waals surface area contributed by atoms with Crippen molar-refractivity contribution >= 4 is 37.5 Å². The molecule has 0 fully saturated rings. The Morgan fingerprint density at radius 3 is 2.21 bits per heavy atom. The highest BCUT2D eigenvalue weighted by atomic mass is 79.9. The first-order valence-corrected chi connectivity index (χ1v) is 13.0. The highest BCUT2D eigenvalue weighted by Crippen LogP contribution is 2.28. The van der Waals surface area contributed by atoms with Crippen LogP contribution in [0.4, 0.5) is 5.69 Å². The summed E-state index contributed by atoms with van der Waals surface area (Å²) in [5.74, 6) is -0.158. The number of halogens is 1. The number of carbonyl (C=O) groups excluding carboxylic acids is 1. The van der Waals surface area contributed by atoms with E-state index < -0.39 is 10.0 Å². The molecule has 0 atom stereocenters. The van der Waals surface area contributed by atoms with Crippen molar-refractivity contribution in [2.45, 2.75) is 45.1 Å². The van der Waals surface area contributed by atoms with Gasteiger partial charge in [0.2, 0.25) is 15.9 Å². The SMILES string of the molecule is Cc1ccc(CN(CC(=O)Nc2c(C)cccc2C(C)C)S(=O)(=O)c2ccc(Br)cc2)cc1. The molecule has 0 bridgehead atoms. The van der Waals surface area contributed by atoms with Crippen LogP contribution in [-0.4, -0.2) is 25.2 Å². The maximum Gasteiger partial charge on any atom is 0.243 e. The van der Waals surface area contributed by atoms with E-state index in [1.165, 1.54) is 16.4 Å². The molecule has 0 spiro atoms. The van der Waals surface area contributed by atoms with Crippen LogP contribution in [0.1, 0.15) is 42.0 Å². The van der Waals surface area contributed by atoms with Gasteiger partial charge in [-0.2, -0.15) is 4.31 Å². The maximum atomic E-state index is 13.5. The van der Waals surface area contributed by atoms with Crippen LogP contribution in [-0.2, 0) is 21.4 Å². The molecule has 0 unspecified atom stereocenters. The van der Waals surface area contributed by atoms with Crippen LogP contribution in [0, 0.1) is 13.8 Å². The van der Waals surface area contributed by atoms with Gasteiger partial charge in [-0.3, -0.25) is 4.79 Å². The Labute approximate surface area is 205 Å². The normalized spacial score (nSPS) is 11.7. The smallest absolute Gasteiger partial charge is 0.243 e. The Balaban J connectivity index is 1.92. The van der Waals surface area contributed by atoms with Gasteiger partial charge in [0, 0.05) is 16.7 Å². The van der Waals surface area contributed by atoms with Crippen molar-refractivity contribution in [1.82, 2.24) is 4.31 Å². The third-order valence-corrected chi connectivity index (χ3v) is 7.78. The maximum absolute atomic E-state index is 13.5. The van der Waals surface area contributed by atoms with Crippen LogP contribution >= 0.6 is 15.9 Å². The van der Waals surface area contributed by atoms with Crippen LogP contribution in [0.25, 0.3) is 0 Å². The lowest BCUT2D eigenvalue weighted by atomic mass is 9.98. The van der Waals surface area contributed by atoms with Crippen LogP contribution in [0.3, 0.4) is 0 Å². The molecule has 3 aromatic rings. The zero-order valence-electron chi connectivity index (χ0n) is 19.3. The second-order valence-electron chi connectivity index (χ2n) is 8.45. The average Bonchev–Trinajstić information content (AvgIpc) is 2.76. The van der Waals surface area contributed by atoms with E-state index in [1.807, 2.05) is 56.3 Å².